The molecule has 1 saturated heterocycles. The molecule has 3 aromatic rings. The zero-order valence-corrected chi connectivity index (χ0v) is 19.4. The molecule has 0 bridgehead atoms. The monoisotopic (exact) mass is 463 g/mol. The van der Waals surface area contributed by atoms with E-state index in [1.807, 2.05) is 36.4 Å². The average molecular weight is 464 g/mol. The number of likely N-dealkylation sites (tertiary alicyclic amines) is 1. The number of amides is 2. The van der Waals surface area contributed by atoms with Gasteiger partial charge in [0.15, 0.2) is 0 Å². The molecule has 0 spiro atoms. The number of para-hydroxylation sites is 1. The van der Waals surface area contributed by atoms with Crippen LogP contribution in [0, 0.1) is 0 Å². The topological polar surface area (TPSA) is 85.5 Å². The predicted octanol–water partition coefficient (Wildman–Crippen LogP) is 5.27. The van der Waals surface area contributed by atoms with E-state index < -0.39 is 5.91 Å². The molecule has 0 radical (unpaired) electrons. The van der Waals surface area contributed by atoms with Gasteiger partial charge in [-0.2, -0.15) is 0 Å². The maximum Gasteiger partial charge on any atom is 0.249 e. The third-order valence-corrected chi connectivity index (χ3v) is 6.08. The Hall–Kier alpha value is -3.38. The fraction of sp³-hybridized carbons (Fsp3) is 0.269. The van der Waals surface area contributed by atoms with Gasteiger partial charge in [-0.3, -0.25) is 14.6 Å². The second-order valence-electron chi connectivity index (χ2n) is 8.55. The number of hydrogen-bond acceptors (Lipinski definition) is 4. The quantitative estimate of drug-likeness (QED) is 0.517. The van der Waals surface area contributed by atoms with Gasteiger partial charge in [-0.05, 0) is 47.4 Å². The summed E-state index contributed by atoms with van der Waals surface area (Å²) in [5, 5.41) is 0.550. The summed E-state index contributed by atoms with van der Waals surface area (Å²) >= 11 is 5.90. The number of carbonyl (C=O) groups excluding carboxylic acids is 2. The van der Waals surface area contributed by atoms with Crippen LogP contribution in [-0.4, -0.2) is 28.2 Å². The summed E-state index contributed by atoms with van der Waals surface area (Å²) in [5.74, 6) is 0.905. The fourth-order valence-corrected chi connectivity index (χ4v) is 4.29. The lowest BCUT2D eigenvalue weighted by molar-refractivity contribution is -0.128. The highest BCUT2D eigenvalue weighted by atomic mass is 35.5. The second kappa shape index (κ2) is 9.63. The molecule has 7 heteroatoms. The minimum atomic E-state index is -0.544. The summed E-state index contributed by atoms with van der Waals surface area (Å²) in [7, 11) is 0. The van der Waals surface area contributed by atoms with Crippen molar-refractivity contribution in [2.75, 3.05) is 6.54 Å². The number of carbonyl (C=O) groups is 2. The third kappa shape index (κ3) is 5.17. The first-order chi connectivity index (χ1) is 15.8. The van der Waals surface area contributed by atoms with Gasteiger partial charge in [0.2, 0.25) is 11.8 Å². The Kier molecular flexibility index (Phi) is 6.65. The lowest BCUT2D eigenvalue weighted by Gasteiger charge is -2.18. The molecule has 0 saturated carbocycles. The van der Waals surface area contributed by atoms with E-state index in [9.17, 15) is 9.59 Å². The number of aromatic nitrogens is 1. The smallest absolute Gasteiger partial charge is 0.249 e. The third-order valence-electron chi connectivity index (χ3n) is 5.85. The minimum absolute atomic E-state index is 0.0124. The molecule has 1 unspecified atom stereocenters. The fourth-order valence-electron chi connectivity index (χ4n) is 4.17. The van der Waals surface area contributed by atoms with Crippen molar-refractivity contribution in [2.24, 2.45) is 5.73 Å². The maximum atomic E-state index is 12.7. The van der Waals surface area contributed by atoms with Crippen molar-refractivity contribution < 1.29 is 14.3 Å². The van der Waals surface area contributed by atoms with Gasteiger partial charge < -0.3 is 15.4 Å². The molecule has 1 aliphatic heterocycles. The van der Waals surface area contributed by atoms with Crippen LogP contribution in [0.25, 0.3) is 0 Å². The van der Waals surface area contributed by atoms with E-state index in [0.29, 0.717) is 41.8 Å². The van der Waals surface area contributed by atoms with Gasteiger partial charge in [-0.1, -0.05) is 49.7 Å². The van der Waals surface area contributed by atoms with Crippen molar-refractivity contribution in [3.8, 4) is 11.5 Å². The van der Waals surface area contributed by atoms with Crippen LogP contribution < -0.4 is 10.5 Å². The molecule has 2 N–H and O–H groups in total. The Bertz CT molecular complexity index is 1180. The first kappa shape index (κ1) is 22.8. The zero-order valence-electron chi connectivity index (χ0n) is 18.6. The van der Waals surface area contributed by atoms with Crippen molar-refractivity contribution >= 4 is 23.4 Å². The molecule has 1 aliphatic rings. The molecule has 2 heterocycles. The molecule has 2 aromatic carbocycles. The second-order valence-corrected chi connectivity index (χ2v) is 8.99. The predicted molar refractivity (Wildman–Crippen MR) is 128 cm³/mol. The summed E-state index contributed by atoms with van der Waals surface area (Å²) < 4.78 is 6.11. The molecule has 170 valence electrons. The van der Waals surface area contributed by atoms with Crippen molar-refractivity contribution in [1.82, 2.24) is 9.88 Å². The number of nitrogens with two attached hydrogens (primary N) is 1. The number of ether oxygens (including phenoxy) is 1. The van der Waals surface area contributed by atoms with Crippen molar-refractivity contribution in [2.45, 2.75) is 38.6 Å². The van der Waals surface area contributed by atoms with Crippen LogP contribution in [0.15, 0.2) is 60.8 Å². The number of nitrogens with zero attached hydrogens (tertiary/aromatic N) is 2. The van der Waals surface area contributed by atoms with Crippen LogP contribution >= 0.6 is 11.6 Å². The molecule has 1 fully saturated rings. The van der Waals surface area contributed by atoms with Gasteiger partial charge >= 0.3 is 0 Å². The van der Waals surface area contributed by atoms with E-state index in [2.05, 4.69) is 18.8 Å². The van der Waals surface area contributed by atoms with Gasteiger partial charge in [0.1, 0.15) is 11.5 Å². The Morgan fingerprint density at radius 2 is 2.00 bits per heavy atom. The maximum absolute atomic E-state index is 12.7. The number of halogens is 1. The highest BCUT2D eigenvalue weighted by molar-refractivity contribution is 6.30. The standard InChI is InChI=1S/C26H26ClN3O3/c1-16(2)21-5-3-4-6-24(21)33-20-9-10-22(23(12-20)26(28)32)17-11-25(31)30(14-17)15-19-8-7-18(27)13-29-19/h3-10,12-13,16-17H,11,14-15H2,1-2H3,(H2,28,32). The van der Waals surface area contributed by atoms with Crippen LogP contribution in [0.4, 0.5) is 0 Å². The van der Waals surface area contributed by atoms with Crippen LogP contribution in [0.3, 0.4) is 0 Å². The lowest BCUT2D eigenvalue weighted by Crippen LogP contribution is -2.25. The highest BCUT2D eigenvalue weighted by Crippen LogP contribution is 2.35. The number of primary amides is 1. The van der Waals surface area contributed by atoms with Crippen LogP contribution in [0.1, 0.15) is 59.3 Å². The number of benzene rings is 2. The summed E-state index contributed by atoms with van der Waals surface area (Å²) in [6.07, 6.45) is 1.88. The molecule has 33 heavy (non-hydrogen) atoms. The molecule has 0 aliphatic carbocycles. The average Bonchev–Trinajstić information content (AvgIpc) is 3.15. The number of pyridine rings is 1. The normalized spacial score (nSPS) is 15.8. The lowest BCUT2D eigenvalue weighted by atomic mass is 9.92. The molecule has 4 rings (SSSR count). The number of rotatable bonds is 7. The van der Waals surface area contributed by atoms with Gasteiger partial charge in [0.05, 0.1) is 17.3 Å². The van der Waals surface area contributed by atoms with E-state index in [4.69, 9.17) is 22.1 Å². The molecule has 1 aromatic heterocycles. The van der Waals surface area contributed by atoms with Crippen LogP contribution in [0.2, 0.25) is 5.02 Å². The number of hydrogen-bond donors (Lipinski definition) is 1. The van der Waals surface area contributed by atoms with E-state index in [0.717, 1.165) is 22.6 Å². The van der Waals surface area contributed by atoms with Crippen LogP contribution in [-0.2, 0) is 11.3 Å². The van der Waals surface area contributed by atoms with Gasteiger partial charge in [-0.15, -0.1) is 0 Å². The van der Waals surface area contributed by atoms with Crippen molar-refractivity contribution in [3.05, 3.63) is 88.2 Å². The van der Waals surface area contributed by atoms with Gasteiger partial charge in [0.25, 0.3) is 0 Å². The summed E-state index contributed by atoms with van der Waals surface area (Å²) in [6.45, 7) is 5.08. The summed E-state index contributed by atoms with van der Waals surface area (Å²) in [6, 6.07) is 16.7. The first-order valence-corrected chi connectivity index (χ1v) is 11.3. The Morgan fingerprint density at radius 1 is 1.21 bits per heavy atom. The highest BCUT2D eigenvalue weighted by Gasteiger charge is 2.33. The summed E-state index contributed by atoms with van der Waals surface area (Å²) in [4.78, 5) is 31.0. The molecular weight excluding hydrogens is 438 g/mol. The van der Waals surface area contributed by atoms with E-state index in [1.54, 1.807) is 29.3 Å². The Labute approximate surface area is 198 Å². The van der Waals surface area contributed by atoms with Crippen molar-refractivity contribution in [1.29, 1.82) is 0 Å². The molecule has 1 atom stereocenters. The largest absolute Gasteiger partial charge is 0.457 e. The molecule has 6 nitrogen and oxygen atoms in total. The van der Waals surface area contributed by atoms with Crippen molar-refractivity contribution in [3.63, 3.8) is 0 Å². The summed E-state index contributed by atoms with van der Waals surface area (Å²) in [5.41, 5.74) is 8.68. The molecular formula is C26H26ClN3O3. The van der Waals surface area contributed by atoms with E-state index >= 15 is 0 Å². The first-order valence-electron chi connectivity index (χ1n) is 10.9. The zero-order chi connectivity index (χ0) is 23.5. The molecule has 2 amide bonds. The SMILES string of the molecule is CC(C)c1ccccc1Oc1ccc(C2CC(=O)N(Cc3ccc(Cl)cn3)C2)c(C(N)=O)c1. The van der Waals surface area contributed by atoms with Gasteiger partial charge in [-0.25, -0.2) is 0 Å². The Balaban J connectivity index is 1.55. The minimum Gasteiger partial charge on any atom is -0.457 e. The van der Waals surface area contributed by atoms with Gasteiger partial charge in [0, 0.05) is 30.6 Å². The van der Waals surface area contributed by atoms with E-state index in [1.165, 1.54) is 0 Å². The Morgan fingerprint density at radius 3 is 2.70 bits per heavy atom. The van der Waals surface area contributed by atoms with Crippen LogP contribution in [0.5, 0.6) is 11.5 Å². The van der Waals surface area contributed by atoms with E-state index in [-0.39, 0.29) is 11.8 Å².